The van der Waals surface area contributed by atoms with Crippen LogP contribution in [-0.2, 0) is 0 Å². The molecule has 0 unspecified atom stereocenters. The molecular formula is C5H8S2. The molecule has 2 heteroatoms. The molecule has 0 spiro atoms. The number of rotatable bonds is 1. The van der Waals surface area contributed by atoms with E-state index in [1.165, 1.54) is 0 Å². The molecule has 0 atom stereocenters. The van der Waals surface area contributed by atoms with E-state index in [1.54, 1.807) is 11.8 Å². The molecule has 0 nitrogen and oxygen atoms in total. The summed E-state index contributed by atoms with van der Waals surface area (Å²) >= 11 is 6.32. The minimum atomic E-state index is 0.938. The predicted molar refractivity (Wildman–Crippen MR) is 40.7 cm³/mol. The van der Waals surface area contributed by atoms with Crippen LogP contribution >= 0.6 is 24.0 Å². The maximum absolute atomic E-state index is 4.77. The summed E-state index contributed by atoms with van der Waals surface area (Å²) in [6.45, 7) is 7.51. The molecular weight excluding hydrogens is 124 g/mol. The lowest BCUT2D eigenvalue weighted by Crippen LogP contribution is -1.72. The van der Waals surface area contributed by atoms with Crippen molar-refractivity contribution in [2.45, 2.75) is 13.8 Å². The molecule has 0 aliphatic heterocycles. The predicted octanol–water partition coefficient (Wildman–Crippen LogP) is 2.60. The summed E-state index contributed by atoms with van der Waals surface area (Å²) in [5.41, 5.74) is 0. The smallest absolute Gasteiger partial charge is 0.0492 e. The molecule has 0 aromatic heterocycles. The monoisotopic (exact) mass is 132 g/mol. The van der Waals surface area contributed by atoms with Gasteiger partial charge in [-0.3, -0.25) is 0 Å². The average molecular weight is 132 g/mol. The van der Waals surface area contributed by atoms with Crippen LogP contribution in [0.25, 0.3) is 0 Å². The molecule has 0 N–H and O–H groups in total. The highest BCUT2D eigenvalue weighted by molar-refractivity contribution is 8.25. The second-order valence-corrected chi connectivity index (χ2v) is 3.68. The first-order valence-corrected chi connectivity index (χ1v) is 3.19. The van der Waals surface area contributed by atoms with E-state index in [1.807, 2.05) is 13.8 Å². The third-order valence-corrected chi connectivity index (χ3v) is 1.20. The molecule has 0 aliphatic rings. The van der Waals surface area contributed by atoms with Crippen LogP contribution in [0.15, 0.2) is 11.5 Å². The molecule has 7 heavy (non-hydrogen) atoms. The minimum Gasteiger partial charge on any atom is -0.0894 e. The zero-order valence-corrected chi connectivity index (χ0v) is 6.16. The highest BCUT2D eigenvalue weighted by Crippen LogP contribution is 2.12. The summed E-state index contributed by atoms with van der Waals surface area (Å²) in [6, 6.07) is 0. The van der Waals surface area contributed by atoms with E-state index in [2.05, 4.69) is 6.58 Å². The van der Waals surface area contributed by atoms with E-state index < -0.39 is 0 Å². The lowest BCUT2D eigenvalue weighted by molar-refractivity contribution is 1.74. The fraction of sp³-hybridized carbons (Fsp3) is 0.400. The van der Waals surface area contributed by atoms with Gasteiger partial charge in [-0.2, -0.15) is 0 Å². The van der Waals surface area contributed by atoms with Crippen molar-refractivity contribution in [2.75, 3.05) is 0 Å². The van der Waals surface area contributed by atoms with Crippen LogP contribution in [0.1, 0.15) is 13.8 Å². The number of hydrogen-bond acceptors (Lipinski definition) is 2. The molecule has 0 amide bonds. The van der Waals surface area contributed by atoms with Crippen molar-refractivity contribution in [1.82, 2.24) is 0 Å². The second-order valence-electron chi connectivity index (χ2n) is 1.30. The molecule has 0 rings (SSSR count). The van der Waals surface area contributed by atoms with Crippen LogP contribution in [0.2, 0.25) is 0 Å². The zero-order valence-electron chi connectivity index (χ0n) is 4.52. The van der Waals surface area contributed by atoms with Crippen molar-refractivity contribution >= 4 is 28.2 Å². The summed E-state index contributed by atoms with van der Waals surface area (Å²) in [5.74, 6) is 0. The van der Waals surface area contributed by atoms with Crippen molar-refractivity contribution in [2.24, 2.45) is 0 Å². The van der Waals surface area contributed by atoms with E-state index in [0.29, 0.717) is 0 Å². The Hall–Kier alpha value is 0.180. The maximum Gasteiger partial charge on any atom is 0.0492 e. The van der Waals surface area contributed by atoms with Gasteiger partial charge in [0.25, 0.3) is 0 Å². The quantitative estimate of drug-likeness (QED) is 0.503. The third kappa shape index (κ3) is 6.18. The molecule has 0 saturated heterocycles. The van der Waals surface area contributed by atoms with Crippen LogP contribution in [0.3, 0.4) is 0 Å². The van der Waals surface area contributed by atoms with Crippen LogP contribution in [0.4, 0.5) is 0 Å². The highest BCUT2D eigenvalue weighted by Gasteiger charge is 1.85. The zero-order chi connectivity index (χ0) is 5.86. The van der Waals surface area contributed by atoms with Gasteiger partial charge in [0.05, 0.1) is 0 Å². The van der Waals surface area contributed by atoms with Gasteiger partial charge in [-0.05, 0) is 18.8 Å². The van der Waals surface area contributed by atoms with Crippen LogP contribution in [0.5, 0.6) is 0 Å². The van der Waals surface area contributed by atoms with Crippen LogP contribution in [-0.4, -0.2) is 4.20 Å². The first-order valence-electron chi connectivity index (χ1n) is 1.97. The second kappa shape index (κ2) is 3.22. The number of allylic oxidation sites excluding steroid dienone is 1. The molecule has 0 aromatic rings. The molecule has 40 valence electrons. The highest BCUT2D eigenvalue weighted by atomic mass is 32.2. The Morgan fingerprint density at radius 2 is 2.00 bits per heavy atom. The topological polar surface area (TPSA) is 0 Å². The molecule has 0 aliphatic carbocycles. The van der Waals surface area contributed by atoms with Crippen molar-refractivity contribution in [3.05, 3.63) is 11.5 Å². The first kappa shape index (κ1) is 7.18. The van der Waals surface area contributed by atoms with Crippen molar-refractivity contribution in [1.29, 1.82) is 0 Å². The van der Waals surface area contributed by atoms with Gasteiger partial charge < -0.3 is 0 Å². The largest absolute Gasteiger partial charge is 0.0894 e. The van der Waals surface area contributed by atoms with Gasteiger partial charge >= 0.3 is 0 Å². The van der Waals surface area contributed by atoms with E-state index in [4.69, 9.17) is 12.2 Å². The van der Waals surface area contributed by atoms with Crippen molar-refractivity contribution in [3.8, 4) is 0 Å². The van der Waals surface area contributed by atoms with Crippen molar-refractivity contribution in [3.63, 3.8) is 0 Å². The molecule has 0 radical (unpaired) electrons. The molecule has 0 fully saturated rings. The molecule has 0 heterocycles. The summed E-state index contributed by atoms with van der Waals surface area (Å²) in [7, 11) is 0. The fourth-order valence-corrected chi connectivity index (χ4v) is 1.16. The Bertz CT molecular complexity index is 82.3. The number of thiocarbonyl (C=S) groups is 1. The summed E-state index contributed by atoms with van der Waals surface area (Å²) in [6.07, 6.45) is 0. The van der Waals surface area contributed by atoms with Gasteiger partial charge in [-0.25, -0.2) is 0 Å². The third-order valence-electron chi connectivity index (χ3n) is 0.318. The Balaban J connectivity index is 3.32. The maximum atomic E-state index is 4.77. The van der Waals surface area contributed by atoms with Gasteiger partial charge in [-0.15, -0.1) is 0 Å². The molecule has 0 aromatic carbocycles. The number of thioether (sulfide) groups is 1. The van der Waals surface area contributed by atoms with Gasteiger partial charge in [-0.1, -0.05) is 30.6 Å². The van der Waals surface area contributed by atoms with Gasteiger partial charge in [0, 0.05) is 4.20 Å². The first-order chi connectivity index (χ1) is 3.13. The summed E-state index contributed by atoms with van der Waals surface area (Å²) in [4.78, 5) is 1.06. The Labute approximate surface area is 54.0 Å². The standard InChI is InChI=1S/C5H8S2/c1-4(2)7-5(3)6/h1H2,2-3H3. The fourth-order valence-electron chi connectivity index (χ4n) is 0.245. The minimum absolute atomic E-state index is 0.938. The van der Waals surface area contributed by atoms with Crippen molar-refractivity contribution < 1.29 is 0 Å². The Morgan fingerprint density at radius 1 is 1.57 bits per heavy atom. The van der Waals surface area contributed by atoms with Gasteiger partial charge in [0.15, 0.2) is 0 Å². The Morgan fingerprint density at radius 3 is 2.00 bits per heavy atom. The number of hydrogen-bond donors (Lipinski definition) is 0. The van der Waals surface area contributed by atoms with E-state index in [0.717, 1.165) is 9.10 Å². The average Bonchev–Trinajstić information content (AvgIpc) is 1.27. The summed E-state index contributed by atoms with van der Waals surface area (Å²) in [5, 5.41) is 0. The Kier molecular flexibility index (Phi) is 3.30. The van der Waals surface area contributed by atoms with Gasteiger partial charge in [0.2, 0.25) is 0 Å². The van der Waals surface area contributed by atoms with E-state index in [-0.39, 0.29) is 0 Å². The normalized spacial score (nSPS) is 8.29. The summed E-state index contributed by atoms with van der Waals surface area (Å²) < 4.78 is 0.938. The van der Waals surface area contributed by atoms with Gasteiger partial charge in [0.1, 0.15) is 0 Å². The lowest BCUT2D eigenvalue weighted by Gasteiger charge is -1.90. The van der Waals surface area contributed by atoms with E-state index in [9.17, 15) is 0 Å². The SMILES string of the molecule is C=C(C)SC(C)=S. The molecule has 0 bridgehead atoms. The van der Waals surface area contributed by atoms with Crippen LogP contribution in [0, 0.1) is 0 Å². The van der Waals surface area contributed by atoms with E-state index >= 15 is 0 Å². The van der Waals surface area contributed by atoms with Crippen LogP contribution < -0.4 is 0 Å². The lowest BCUT2D eigenvalue weighted by atomic mass is 10.8. The molecule has 0 saturated carbocycles.